The average Bonchev–Trinajstić information content (AvgIpc) is 2.25. The summed E-state index contributed by atoms with van der Waals surface area (Å²) in [5.41, 5.74) is 1.00. The highest BCUT2D eigenvalue weighted by molar-refractivity contribution is 5.84. The molecule has 0 unspecified atom stereocenters. The molecule has 0 aromatic carbocycles. The predicted molar refractivity (Wildman–Crippen MR) is 52.3 cm³/mol. The van der Waals surface area contributed by atoms with Gasteiger partial charge in [0.15, 0.2) is 0 Å². The molecule has 2 fully saturated rings. The Kier molecular flexibility index (Phi) is 2.54. The van der Waals surface area contributed by atoms with Crippen LogP contribution in [0.2, 0.25) is 0 Å². The van der Waals surface area contributed by atoms with Gasteiger partial charge in [-0.25, -0.2) is 0 Å². The van der Waals surface area contributed by atoms with Gasteiger partial charge in [-0.2, -0.15) is 0 Å². The summed E-state index contributed by atoms with van der Waals surface area (Å²) in [6.45, 7) is 0. The third kappa shape index (κ3) is 1.70. The molecule has 0 aromatic rings. The summed E-state index contributed by atoms with van der Waals surface area (Å²) >= 11 is 0. The van der Waals surface area contributed by atoms with E-state index in [1.807, 2.05) is 0 Å². The minimum atomic E-state index is 0.632. The van der Waals surface area contributed by atoms with Crippen LogP contribution in [0.3, 0.4) is 0 Å². The van der Waals surface area contributed by atoms with Crippen LogP contribution in [0, 0.1) is 0 Å². The lowest BCUT2D eigenvalue weighted by Crippen LogP contribution is -2.42. The smallest absolute Gasteiger partial charge is 0.0587 e. The Hall–Kier alpha value is -0.570. The van der Waals surface area contributed by atoms with E-state index in [1.165, 1.54) is 25.7 Å². The Bertz CT molecular complexity index is 215. The van der Waals surface area contributed by atoms with E-state index in [-0.39, 0.29) is 0 Å². The fourth-order valence-electron chi connectivity index (χ4n) is 2.69. The molecule has 0 amide bonds. The highest BCUT2D eigenvalue weighted by Gasteiger charge is 2.31. The van der Waals surface area contributed by atoms with Gasteiger partial charge in [-0.3, -0.25) is 0 Å². The molecular weight excluding hydrogens is 164 g/mol. The second-order valence-corrected chi connectivity index (χ2v) is 4.31. The number of oxime groups is 1. The van der Waals surface area contributed by atoms with Crippen LogP contribution in [0.15, 0.2) is 5.16 Å². The summed E-state index contributed by atoms with van der Waals surface area (Å²) in [5, 5.41) is 12.2. The number of rotatable bonds is 0. The maximum absolute atomic E-state index is 8.79. The normalized spacial score (nSPS) is 39.0. The summed E-state index contributed by atoms with van der Waals surface area (Å²) in [7, 11) is 2.22. The molecule has 0 spiro atoms. The van der Waals surface area contributed by atoms with Gasteiger partial charge in [-0.15, -0.1) is 0 Å². The quantitative estimate of drug-likeness (QED) is 0.458. The van der Waals surface area contributed by atoms with Crippen molar-refractivity contribution in [1.82, 2.24) is 4.90 Å². The molecule has 0 radical (unpaired) electrons. The van der Waals surface area contributed by atoms with Gasteiger partial charge in [0, 0.05) is 18.5 Å². The van der Waals surface area contributed by atoms with Crippen molar-refractivity contribution in [2.24, 2.45) is 5.16 Å². The molecule has 2 aliphatic heterocycles. The van der Waals surface area contributed by atoms with E-state index in [9.17, 15) is 0 Å². The molecule has 1 N–H and O–H groups in total. The first-order valence-electron chi connectivity index (χ1n) is 5.23. The average molecular weight is 182 g/mol. The number of fused-ring (bicyclic) bond motifs is 2. The summed E-state index contributed by atoms with van der Waals surface area (Å²) < 4.78 is 0. The van der Waals surface area contributed by atoms with Crippen molar-refractivity contribution in [2.45, 2.75) is 50.6 Å². The van der Waals surface area contributed by atoms with Crippen LogP contribution in [-0.4, -0.2) is 35.0 Å². The van der Waals surface area contributed by atoms with E-state index in [2.05, 4.69) is 17.1 Å². The Balaban J connectivity index is 2.13. The lowest BCUT2D eigenvalue weighted by Gasteiger charge is -2.37. The maximum atomic E-state index is 8.79. The molecule has 3 nitrogen and oxygen atoms in total. The molecule has 0 aliphatic carbocycles. The minimum absolute atomic E-state index is 0.632. The van der Waals surface area contributed by atoms with Crippen molar-refractivity contribution in [3.63, 3.8) is 0 Å². The number of piperidine rings is 1. The first-order valence-corrected chi connectivity index (χ1v) is 5.23. The van der Waals surface area contributed by atoms with Crippen molar-refractivity contribution in [3.05, 3.63) is 0 Å². The van der Waals surface area contributed by atoms with E-state index < -0.39 is 0 Å². The molecule has 13 heavy (non-hydrogen) atoms. The van der Waals surface area contributed by atoms with Crippen LogP contribution >= 0.6 is 0 Å². The largest absolute Gasteiger partial charge is 0.411 e. The van der Waals surface area contributed by atoms with Crippen molar-refractivity contribution < 1.29 is 5.21 Å². The summed E-state index contributed by atoms with van der Waals surface area (Å²) in [6, 6.07) is 1.37. The molecule has 0 aromatic heterocycles. The van der Waals surface area contributed by atoms with E-state index in [1.54, 1.807) is 0 Å². The Morgan fingerprint density at radius 1 is 1.31 bits per heavy atom. The fraction of sp³-hybridized carbons (Fsp3) is 0.900. The van der Waals surface area contributed by atoms with Crippen LogP contribution < -0.4 is 0 Å². The molecule has 2 bridgehead atoms. The fourth-order valence-corrected chi connectivity index (χ4v) is 2.69. The summed E-state index contributed by atoms with van der Waals surface area (Å²) in [4.78, 5) is 2.49. The minimum Gasteiger partial charge on any atom is -0.411 e. The number of hydrogen-bond donors (Lipinski definition) is 1. The summed E-state index contributed by atoms with van der Waals surface area (Å²) in [5.74, 6) is 0. The third-order valence-electron chi connectivity index (χ3n) is 3.61. The molecule has 2 heterocycles. The van der Waals surface area contributed by atoms with Gasteiger partial charge in [0.05, 0.1) is 5.71 Å². The van der Waals surface area contributed by atoms with Gasteiger partial charge >= 0.3 is 0 Å². The maximum Gasteiger partial charge on any atom is 0.0587 e. The molecule has 0 saturated carbocycles. The Morgan fingerprint density at radius 2 is 2.08 bits per heavy atom. The highest BCUT2D eigenvalue weighted by Crippen LogP contribution is 2.30. The molecular formula is C10H18N2O. The van der Waals surface area contributed by atoms with Crippen LogP contribution in [0.5, 0.6) is 0 Å². The molecule has 2 atom stereocenters. The van der Waals surface area contributed by atoms with E-state index >= 15 is 0 Å². The van der Waals surface area contributed by atoms with Crippen LogP contribution in [-0.2, 0) is 0 Å². The molecule has 2 saturated heterocycles. The molecule has 2 aliphatic rings. The van der Waals surface area contributed by atoms with Gasteiger partial charge < -0.3 is 10.1 Å². The molecule has 3 heteroatoms. The highest BCUT2D eigenvalue weighted by atomic mass is 16.4. The zero-order valence-electron chi connectivity index (χ0n) is 8.24. The first-order chi connectivity index (χ1) is 6.31. The van der Waals surface area contributed by atoms with Crippen LogP contribution in [0.1, 0.15) is 38.5 Å². The van der Waals surface area contributed by atoms with Crippen LogP contribution in [0.25, 0.3) is 0 Å². The van der Waals surface area contributed by atoms with Crippen molar-refractivity contribution in [1.29, 1.82) is 0 Å². The van der Waals surface area contributed by atoms with Gasteiger partial charge in [0.1, 0.15) is 0 Å². The lowest BCUT2D eigenvalue weighted by molar-refractivity contribution is 0.121. The van der Waals surface area contributed by atoms with E-state index in [0.29, 0.717) is 6.04 Å². The second kappa shape index (κ2) is 3.66. The first kappa shape index (κ1) is 9.00. The van der Waals surface area contributed by atoms with Crippen molar-refractivity contribution in [2.75, 3.05) is 7.05 Å². The molecule has 2 rings (SSSR count). The second-order valence-electron chi connectivity index (χ2n) is 4.31. The number of nitrogens with zero attached hydrogens (tertiary/aromatic N) is 2. The number of hydrogen-bond acceptors (Lipinski definition) is 3. The van der Waals surface area contributed by atoms with Crippen molar-refractivity contribution in [3.8, 4) is 0 Å². The van der Waals surface area contributed by atoms with Crippen LogP contribution in [0.4, 0.5) is 0 Å². The van der Waals surface area contributed by atoms with Gasteiger partial charge in [-0.05, 0) is 32.7 Å². The third-order valence-corrected chi connectivity index (χ3v) is 3.61. The summed E-state index contributed by atoms with van der Waals surface area (Å²) in [6.07, 6.45) is 7.08. The van der Waals surface area contributed by atoms with E-state index in [0.717, 1.165) is 24.6 Å². The lowest BCUT2D eigenvalue weighted by atomic mass is 9.95. The Morgan fingerprint density at radius 3 is 2.85 bits per heavy atom. The predicted octanol–water partition coefficient (Wildman–Crippen LogP) is 1.85. The Labute approximate surface area is 79.4 Å². The van der Waals surface area contributed by atoms with Crippen molar-refractivity contribution >= 4 is 5.71 Å². The molecule has 74 valence electrons. The SMILES string of the molecule is CN1[C@@H]2CCC[C@H]1CC(=NO)CC2. The van der Waals surface area contributed by atoms with Gasteiger partial charge in [-0.1, -0.05) is 11.6 Å². The van der Waals surface area contributed by atoms with Gasteiger partial charge in [0.2, 0.25) is 0 Å². The topological polar surface area (TPSA) is 35.8 Å². The van der Waals surface area contributed by atoms with Gasteiger partial charge in [0.25, 0.3) is 0 Å². The monoisotopic (exact) mass is 182 g/mol. The van der Waals surface area contributed by atoms with E-state index in [4.69, 9.17) is 5.21 Å². The standard InChI is InChI=1S/C10H18N2O/c1-12-9-3-2-4-10(12)7-8(11-13)5-6-9/h9-10,13H,2-7H2,1H3/t9-,10+/m1/s1. The zero-order chi connectivity index (χ0) is 9.26. The zero-order valence-corrected chi connectivity index (χ0v) is 8.24.